The number of para-hydroxylation sites is 1. The first-order chi connectivity index (χ1) is 12.6. The number of hydrogen-bond donors (Lipinski definition) is 1. The Hall–Kier alpha value is -2.25. The van der Waals surface area contributed by atoms with Crippen LogP contribution in [0.15, 0.2) is 30.3 Å². The SMILES string of the molecule is CC[C@@H](O)c1cc2n(n1)CCN(C(=O)CCc1nc3ccccc3s1)C2. The molecular formula is C19H22N4O2S. The minimum Gasteiger partial charge on any atom is -0.387 e. The second-order valence-corrected chi connectivity index (χ2v) is 7.71. The lowest BCUT2D eigenvalue weighted by Gasteiger charge is -2.27. The van der Waals surface area contributed by atoms with Crippen LogP contribution in [0, 0.1) is 0 Å². The van der Waals surface area contributed by atoms with E-state index in [9.17, 15) is 9.90 Å². The Balaban J connectivity index is 1.39. The van der Waals surface area contributed by atoms with Crippen LogP contribution in [0.3, 0.4) is 0 Å². The Morgan fingerprint density at radius 3 is 3.00 bits per heavy atom. The standard InChI is InChI=1S/C19H22N4O2S/c1-2-16(24)15-11-13-12-22(9-10-23(13)21-15)19(25)8-7-18-20-14-5-3-4-6-17(14)26-18/h3-6,11,16,24H,2,7-10,12H2,1H3/t16-/m1/s1. The fraction of sp³-hybridized carbons (Fsp3) is 0.421. The predicted molar refractivity (Wildman–Crippen MR) is 101 cm³/mol. The Morgan fingerprint density at radius 1 is 1.35 bits per heavy atom. The van der Waals surface area contributed by atoms with E-state index in [0.717, 1.165) is 16.2 Å². The highest BCUT2D eigenvalue weighted by atomic mass is 32.1. The second-order valence-electron chi connectivity index (χ2n) is 6.60. The average molecular weight is 370 g/mol. The lowest BCUT2D eigenvalue weighted by atomic mass is 10.2. The number of aliphatic hydroxyl groups excluding tert-OH is 1. The molecule has 2 aromatic heterocycles. The van der Waals surface area contributed by atoms with Crippen molar-refractivity contribution in [2.24, 2.45) is 0 Å². The third-order valence-electron chi connectivity index (χ3n) is 4.79. The van der Waals surface area contributed by atoms with Crippen LogP contribution in [0.2, 0.25) is 0 Å². The van der Waals surface area contributed by atoms with E-state index in [1.807, 2.05) is 40.8 Å². The van der Waals surface area contributed by atoms with Gasteiger partial charge in [0, 0.05) is 19.4 Å². The van der Waals surface area contributed by atoms with Crippen molar-refractivity contribution in [2.75, 3.05) is 6.54 Å². The van der Waals surface area contributed by atoms with Crippen molar-refractivity contribution in [3.8, 4) is 0 Å². The van der Waals surface area contributed by atoms with E-state index in [2.05, 4.69) is 16.1 Å². The molecule has 0 bridgehead atoms. The molecule has 0 radical (unpaired) electrons. The number of carbonyl (C=O) groups excluding carboxylic acids is 1. The zero-order valence-electron chi connectivity index (χ0n) is 14.8. The monoisotopic (exact) mass is 370 g/mol. The van der Waals surface area contributed by atoms with Crippen molar-refractivity contribution in [2.45, 2.75) is 45.4 Å². The zero-order valence-corrected chi connectivity index (χ0v) is 15.6. The van der Waals surface area contributed by atoms with Gasteiger partial charge < -0.3 is 10.0 Å². The van der Waals surface area contributed by atoms with Gasteiger partial charge in [0.2, 0.25) is 5.91 Å². The molecule has 0 fully saturated rings. The topological polar surface area (TPSA) is 71.2 Å². The van der Waals surface area contributed by atoms with Crippen molar-refractivity contribution in [1.29, 1.82) is 0 Å². The van der Waals surface area contributed by atoms with Crippen LogP contribution in [0.5, 0.6) is 0 Å². The molecule has 1 atom stereocenters. The summed E-state index contributed by atoms with van der Waals surface area (Å²) in [5.74, 6) is 0.147. The number of aryl methyl sites for hydroxylation is 1. The molecule has 0 aliphatic carbocycles. The number of thiazole rings is 1. The minimum atomic E-state index is -0.531. The molecule has 1 aromatic carbocycles. The maximum Gasteiger partial charge on any atom is 0.223 e. The number of aromatic nitrogens is 3. The van der Waals surface area contributed by atoms with E-state index in [0.29, 0.717) is 44.6 Å². The van der Waals surface area contributed by atoms with E-state index in [-0.39, 0.29) is 5.91 Å². The molecule has 1 aliphatic heterocycles. The molecule has 4 rings (SSSR count). The van der Waals surface area contributed by atoms with Gasteiger partial charge in [-0.25, -0.2) is 4.98 Å². The largest absolute Gasteiger partial charge is 0.387 e. The number of aliphatic hydroxyl groups is 1. The predicted octanol–water partition coefficient (Wildman–Crippen LogP) is 2.91. The number of amides is 1. The molecule has 1 N–H and O–H groups in total. The van der Waals surface area contributed by atoms with Gasteiger partial charge in [-0.05, 0) is 24.6 Å². The number of fused-ring (bicyclic) bond motifs is 2. The maximum atomic E-state index is 12.6. The Labute approximate surface area is 156 Å². The number of hydrogen-bond acceptors (Lipinski definition) is 5. The Kier molecular flexibility index (Phi) is 4.74. The van der Waals surface area contributed by atoms with E-state index in [1.54, 1.807) is 11.3 Å². The van der Waals surface area contributed by atoms with Crippen molar-refractivity contribution in [3.05, 3.63) is 46.7 Å². The molecule has 136 valence electrons. The first-order valence-corrected chi connectivity index (χ1v) is 9.82. The van der Waals surface area contributed by atoms with Gasteiger partial charge >= 0.3 is 0 Å². The molecule has 7 heteroatoms. The lowest BCUT2D eigenvalue weighted by molar-refractivity contribution is -0.132. The van der Waals surface area contributed by atoms with Crippen LogP contribution in [0.25, 0.3) is 10.2 Å². The fourth-order valence-corrected chi connectivity index (χ4v) is 4.24. The highest BCUT2D eigenvalue weighted by molar-refractivity contribution is 7.18. The third kappa shape index (κ3) is 3.37. The summed E-state index contributed by atoms with van der Waals surface area (Å²) >= 11 is 1.66. The molecule has 1 amide bonds. The fourth-order valence-electron chi connectivity index (χ4n) is 3.27. The van der Waals surface area contributed by atoms with Gasteiger partial charge in [0.05, 0.1) is 45.8 Å². The van der Waals surface area contributed by atoms with Gasteiger partial charge in [-0.2, -0.15) is 5.10 Å². The summed E-state index contributed by atoms with van der Waals surface area (Å²) < 4.78 is 3.07. The summed E-state index contributed by atoms with van der Waals surface area (Å²) in [4.78, 5) is 19.1. The summed E-state index contributed by atoms with van der Waals surface area (Å²) in [7, 11) is 0. The molecule has 3 heterocycles. The van der Waals surface area contributed by atoms with Gasteiger partial charge in [0.15, 0.2) is 0 Å². The quantitative estimate of drug-likeness (QED) is 0.750. The highest BCUT2D eigenvalue weighted by Crippen LogP contribution is 2.24. The van der Waals surface area contributed by atoms with E-state index in [4.69, 9.17) is 0 Å². The summed E-state index contributed by atoms with van der Waals surface area (Å²) in [5, 5.41) is 15.4. The molecule has 0 saturated carbocycles. The Bertz CT molecular complexity index is 900. The molecule has 0 saturated heterocycles. The number of carbonyl (C=O) groups is 1. The second kappa shape index (κ2) is 7.17. The van der Waals surface area contributed by atoms with Crippen molar-refractivity contribution in [1.82, 2.24) is 19.7 Å². The van der Waals surface area contributed by atoms with Crippen molar-refractivity contribution in [3.63, 3.8) is 0 Å². The summed E-state index contributed by atoms with van der Waals surface area (Å²) in [6, 6.07) is 9.98. The van der Waals surface area contributed by atoms with Crippen LogP contribution in [-0.2, 0) is 24.3 Å². The summed E-state index contributed by atoms with van der Waals surface area (Å²) in [6.07, 6.45) is 1.25. The van der Waals surface area contributed by atoms with E-state index >= 15 is 0 Å². The summed E-state index contributed by atoms with van der Waals surface area (Å²) in [6.45, 7) is 3.83. The Morgan fingerprint density at radius 2 is 2.19 bits per heavy atom. The average Bonchev–Trinajstić information content (AvgIpc) is 3.28. The van der Waals surface area contributed by atoms with Gasteiger partial charge in [0.1, 0.15) is 0 Å². The molecular weight excluding hydrogens is 348 g/mol. The van der Waals surface area contributed by atoms with E-state index in [1.165, 1.54) is 4.70 Å². The minimum absolute atomic E-state index is 0.147. The zero-order chi connectivity index (χ0) is 18.1. The first kappa shape index (κ1) is 17.2. The van der Waals surface area contributed by atoms with Crippen LogP contribution < -0.4 is 0 Å². The van der Waals surface area contributed by atoms with E-state index < -0.39 is 6.10 Å². The first-order valence-electron chi connectivity index (χ1n) is 9.01. The third-order valence-corrected chi connectivity index (χ3v) is 5.88. The van der Waals surface area contributed by atoms with Gasteiger partial charge in [-0.3, -0.25) is 9.48 Å². The van der Waals surface area contributed by atoms with Gasteiger partial charge in [0.25, 0.3) is 0 Å². The van der Waals surface area contributed by atoms with Crippen LogP contribution >= 0.6 is 11.3 Å². The highest BCUT2D eigenvalue weighted by Gasteiger charge is 2.23. The molecule has 0 spiro atoms. The smallest absolute Gasteiger partial charge is 0.223 e. The van der Waals surface area contributed by atoms with Gasteiger partial charge in [-0.1, -0.05) is 19.1 Å². The number of nitrogens with zero attached hydrogens (tertiary/aromatic N) is 4. The van der Waals surface area contributed by atoms with Crippen LogP contribution in [-0.4, -0.2) is 37.2 Å². The van der Waals surface area contributed by atoms with Crippen molar-refractivity contribution >= 4 is 27.5 Å². The number of benzene rings is 1. The van der Waals surface area contributed by atoms with Gasteiger partial charge in [-0.15, -0.1) is 11.3 Å². The lowest BCUT2D eigenvalue weighted by Crippen LogP contribution is -2.38. The molecule has 6 nitrogen and oxygen atoms in total. The normalized spacial score (nSPS) is 15.2. The van der Waals surface area contributed by atoms with Crippen LogP contribution in [0.4, 0.5) is 0 Å². The summed E-state index contributed by atoms with van der Waals surface area (Å²) in [5.41, 5.74) is 2.70. The van der Waals surface area contributed by atoms with Crippen molar-refractivity contribution < 1.29 is 9.90 Å². The molecule has 3 aromatic rings. The molecule has 1 aliphatic rings. The maximum absolute atomic E-state index is 12.6. The van der Waals surface area contributed by atoms with Crippen LogP contribution in [0.1, 0.15) is 42.3 Å². The number of rotatable bonds is 5. The molecule has 0 unspecified atom stereocenters. The molecule has 26 heavy (non-hydrogen) atoms.